The van der Waals surface area contributed by atoms with E-state index in [1.807, 2.05) is 6.07 Å². The Labute approximate surface area is 90.9 Å². The maximum Gasteiger partial charge on any atom is 0.476 e. The summed E-state index contributed by atoms with van der Waals surface area (Å²) >= 11 is 0. The average Bonchev–Trinajstić information content (AvgIpc) is 2.14. The van der Waals surface area contributed by atoms with Crippen LogP contribution in [0.3, 0.4) is 0 Å². The van der Waals surface area contributed by atoms with Crippen LogP contribution in [0, 0.1) is 17.2 Å². The lowest BCUT2D eigenvalue weighted by molar-refractivity contribution is 0.0868. The lowest BCUT2D eigenvalue weighted by Crippen LogP contribution is -2.17. The molecule has 5 nitrogen and oxygen atoms in total. The minimum atomic E-state index is -3.57. The van der Waals surface area contributed by atoms with E-state index in [9.17, 15) is 4.57 Å². The Morgan fingerprint density at radius 3 is 2.00 bits per heavy atom. The third-order valence-electron chi connectivity index (χ3n) is 1.55. The van der Waals surface area contributed by atoms with E-state index in [0.717, 1.165) is 0 Å². The Hall–Kier alpha value is -0.400. The summed E-state index contributed by atoms with van der Waals surface area (Å²) in [5.41, 5.74) is 0. The monoisotopic (exact) mass is 235 g/mol. The Bertz CT molecular complexity index is 251. The fourth-order valence-electron chi connectivity index (χ4n) is 0.848. The van der Waals surface area contributed by atoms with Gasteiger partial charge in [0.15, 0.2) is 6.10 Å². The molecule has 0 radical (unpaired) electrons. The van der Waals surface area contributed by atoms with Gasteiger partial charge >= 0.3 is 7.82 Å². The average molecular weight is 235 g/mol. The van der Waals surface area contributed by atoms with Crippen LogP contribution in [0.2, 0.25) is 0 Å². The van der Waals surface area contributed by atoms with Crippen LogP contribution in [0.4, 0.5) is 0 Å². The summed E-state index contributed by atoms with van der Waals surface area (Å²) in [6.07, 6.45) is -0.783. The van der Waals surface area contributed by atoms with Gasteiger partial charge in [0, 0.05) is 0 Å². The molecule has 0 aromatic rings. The minimum absolute atomic E-state index is 0.0655. The quantitative estimate of drug-likeness (QED) is 0.634. The van der Waals surface area contributed by atoms with Crippen molar-refractivity contribution < 1.29 is 18.1 Å². The highest BCUT2D eigenvalue weighted by atomic mass is 31.2. The number of phosphoric acid groups is 1. The Kier molecular flexibility index (Phi) is 6.78. The zero-order valence-electron chi connectivity index (χ0n) is 9.60. The fourth-order valence-corrected chi connectivity index (χ4v) is 2.25. The van der Waals surface area contributed by atoms with Crippen molar-refractivity contribution in [3.63, 3.8) is 0 Å². The van der Waals surface area contributed by atoms with Crippen molar-refractivity contribution in [3.05, 3.63) is 0 Å². The second-order valence-electron chi connectivity index (χ2n) is 3.18. The van der Waals surface area contributed by atoms with Crippen molar-refractivity contribution >= 4 is 7.82 Å². The molecule has 88 valence electrons. The number of nitrogens with zero attached hydrogens (tertiary/aromatic N) is 1. The number of nitriles is 1. The standard InChI is InChI=1S/C9H18NO4P/c1-5-12-15(11,13-6-2)14-9(7-10)8(3)4/h8-9H,5-6H2,1-4H3/t9-/m0/s1. The van der Waals surface area contributed by atoms with Gasteiger partial charge in [0.2, 0.25) is 0 Å². The van der Waals surface area contributed by atoms with Crippen molar-refractivity contribution in [2.45, 2.75) is 33.8 Å². The van der Waals surface area contributed by atoms with Crippen LogP contribution in [-0.4, -0.2) is 19.3 Å². The molecule has 6 heteroatoms. The molecule has 0 saturated heterocycles. The molecule has 0 amide bonds. The highest BCUT2D eigenvalue weighted by Crippen LogP contribution is 2.50. The molecule has 0 spiro atoms. The minimum Gasteiger partial charge on any atom is -0.287 e. The van der Waals surface area contributed by atoms with Gasteiger partial charge in [0.25, 0.3) is 0 Å². The molecular weight excluding hydrogens is 217 g/mol. The van der Waals surface area contributed by atoms with E-state index >= 15 is 0 Å². The van der Waals surface area contributed by atoms with E-state index in [0.29, 0.717) is 0 Å². The van der Waals surface area contributed by atoms with Crippen molar-refractivity contribution in [1.29, 1.82) is 5.26 Å². The van der Waals surface area contributed by atoms with E-state index in [4.69, 9.17) is 18.8 Å². The molecule has 0 aromatic carbocycles. The summed E-state index contributed by atoms with van der Waals surface area (Å²) in [5.74, 6) is -0.0655. The van der Waals surface area contributed by atoms with Gasteiger partial charge in [0.1, 0.15) is 0 Å². The second-order valence-corrected chi connectivity index (χ2v) is 4.80. The molecule has 0 aliphatic rings. The summed E-state index contributed by atoms with van der Waals surface area (Å²) in [5, 5.41) is 8.79. The first-order valence-corrected chi connectivity index (χ1v) is 6.42. The zero-order valence-corrected chi connectivity index (χ0v) is 10.5. The summed E-state index contributed by atoms with van der Waals surface area (Å²) in [4.78, 5) is 0. The number of hydrogen-bond donors (Lipinski definition) is 0. The van der Waals surface area contributed by atoms with E-state index in [1.54, 1.807) is 27.7 Å². The summed E-state index contributed by atoms with van der Waals surface area (Å²) in [6, 6.07) is 1.92. The molecule has 0 aromatic heterocycles. The molecule has 0 rings (SSSR count). The summed E-state index contributed by atoms with van der Waals surface area (Å²) in [6.45, 7) is 7.41. The first-order valence-electron chi connectivity index (χ1n) is 4.96. The molecule has 0 aliphatic heterocycles. The van der Waals surface area contributed by atoms with Crippen LogP contribution in [0.1, 0.15) is 27.7 Å². The number of hydrogen-bond acceptors (Lipinski definition) is 5. The van der Waals surface area contributed by atoms with Gasteiger partial charge in [-0.2, -0.15) is 5.26 Å². The zero-order chi connectivity index (χ0) is 11.9. The Balaban J connectivity index is 4.53. The van der Waals surface area contributed by atoms with E-state index in [1.165, 1.54) is 0 Å². The van der Waals surface area contributed by atoms with Gasteiger partial charge in [-0.1, -0.05) is 13.8 Å². The van der Waals surface area contributed by atoms with Gasteiger partial charge in [0.05, 0.1) is 19.3 Å². The van der Waals surface area contributed by atoms with Crippen LogP contribution < -0.4 is 0 Å². The van der Waals surface area contributed by atoms with Crippen LogP contribution in [0.15, 0.2) is 0 Å². The first-order chi connectivity index (χ1) is 6.99. The predicted molar refractivity (Wildman–Crippen MR) is 56.2 cm³/mol. The molecule has 0 saturated carbocycles. The van der Waals surface area contributed by atoms with Crippen LogP contribution in [-0.2, 0) is 18.1 Å². The first kappa shape index (κ1) is 14.6. The Morgan fingerprint density at radius 1 is 1.27 bits per heavy atom. The van der Waals surface area contributed by atoms with Gasteiger partial charge in [-0.05, 0) is 19.8 Å². The van der Waals surface area contributed by atoms with Gasteiger partial charge in [-0.15, -0.1) is 0 Å². The predicted octanol–water partition coefficient (Wildman–Crippen LogP) is 2.73. The second kappa shape index (κ2) is 6.97. The van der Waals surface area contributed by atoms with E-state index in [-0.39, 0.29) is 19.1 Å². The summed E-state index contributed by atoms with van der Waals surface area (Å²) in [7, 11) is -3.57. The maximum absolute atomic E-state index is 11.9. The normalized spacial score (nSPS) is 13.9. The molecule has 0 N–H and O–H groups in total. The fraction of sp³-hybridized carbons (Fsp3) is 0.889. The highest BCUT2D eigenvalue weighted by molar-refractivity contribution is 7.48. The number of phosphoric ester groups is 1. The van der Waals surface area contributed by atoms with E-state index < -0.39 is 13.9 Å². The molecule has 0 fully saturated rings. The highest BCUT2D eigenvalue weighted by Gasteiger charge is 2.31. The number of rotatable bonds is 7. The third-order valence-corrected chi connectivity index (χ3v) is 3.18. The molecule has 1 atom stereocenters. The molecule has 15 heavy (non-hydrogen) atoms. The SMILES string of the molecule is CCOP(=O)(OCC)O[C@@H](C#N)C(C)C. The van der Waals surface area contributed by atoms with Gasteiger partial charge < -0.3 is 0 Å². The molecule has 0 unspecified atom stereocenters. The lowest BCUT2D eigenvalue weighted by atomic mass is 10.1. The third kappa shape index (κ3) is 5.29. The van der Waals surface area contributed by atoms with Crippen molar-refractivity contribution in [2.75, 3.05) is 13.2 Å². The van der Waals surface area contributed by atoms with Crippen LogP contribution in [0.25, 0.3) is 0 Å². The topological polar surface area (TPSA) is 68.6 Å². The lowest BCUT2D eigenvalue weighted by Gasteiger charge is -2.21. The molecule has 0 bridgehead atoms. The summed E-state index contributed by atoms with van der Waals surface area (Å²) < 4.78 is 26.8. The maximum atomic E-state index is 11.9. The largest absolute Gasteiger partial charge is 0.476 e. The van der Waals surface area contributed by atoms with Crippen molar-refractivity contribution in [3.8, 4) is 6.07 Å². The van der Waals surface area contributed by atoms with Crippen molar-refractivity contribution in [1.82, 2.24) is 0 Å². The van der Waals surface area contributed by atoms with E-state index in [2.05, 4.69) is 0 Å². The molecular formula is C9H18NO4P. The smallest absolute Gasteiger partial charge is 0.287 e. The van der Waals surface area contributed by atoms with Crippen molar-refractivity contribution in [2.24, 2.45) is 5.92 Å². The van der Waals surface area contributed by atoms with Gasteiger partial charge in [-0.3, -0.25) is 13.6 Å². The molecule has 0 aliphatic carbocycles. The Morgan fingerprint density at radius 2 is 1.73 bits per heavy atom. The van der Waals surface area contributed by atoms with Crippen LogP contribution >= 0.6 is 7.82 Å². The van der Waals surface area contributed by atoms with Crippen LogP contribution in [0.5, 0.6) is 0 Å². The van der Waals surface area contributed by atoms with Gasteiger partial charge in [-0.25, -0.2) is 4.57 Å². The molecule has 0 heterocycles.